The monoisotopic (exact) mass is 468 g/mol. The van der Waals surface area contributed by atoms with E-state index in [1.807, 2.05) is 48.9 Å². The minimum atomic E-state index is -3.79. The number of sulfonamides is 1. The molecular weight excluding hydrogens is 440 g/mol. The van der Waals surface area contributed by atoms with Crippen molar-refractivity contribution in [2.45, 2.75) is 38.5 Å². The largest absolute Gasteiger partial charge is 0.356 e. The van der Waals surface area contributed by atoms with Gasteiger partial charge in [-0.1, -0.05) is 24.3 Å². The van der Waals surface area contributed by atoms with Crippen LogP contribution in [0.1, 0.15) is 40.7 Å². The molecule has 8 nitrogen and oxygen atoms in total. The molecule has 0 aliphatic heterocycles. The molecule has 2 aromatic carbocycles. The number of nitrogens with zero attached hydrogens (tertiary/aromatic N) is 2. The highest BCUT2D eigenvalue weighted by Crippen LogP contribution is 2.14. The summed E-state index contributed by atoms with van der Waals surface area (Å²) in [6, 6.07) is 15.8. The first-order valence-corrected chi connectivity index (χ1v) is 12.1. The Hall–Kier alpha value is -3.30. The number of nitrogens with one attached hydrogen (secondary N) is 2. The van der Waals surface area contributed by atoms with Gasteiger partial charge in [0.15, 0.2) is 5.78 Å². The molecule has 33 heavy (non-hydrogen) atoms. The summed E-state index contributed by atoms with van der Waals surface area (Å²) in [7, 11) is -3.79. The molecular formula is C24H28N4O4S. The maximum Gasteiger partial charge on any atom is 0.240 e. The van der Waals surface area contributed by atoms with Crippen LogP contribution < -0.4 is 10.0 Å². The van der Waals surface area contributed by atoms with Crippen LogP contribution in [0.15, 0.2) is 59.5 Å². The molecule has 0 fully saturated rings. The lowest BCUT2D eigenvalue weighted by Crippen LogP contribution is -2.31. The summed E-state index contributed by atoms with van der Waals surface area (Å²) in [6.45, 7) is 5.75. The number of Topliss-reactive ketones (excluding diaryl/α,β-unsaturated/α-hetero) is 1. The molecule has 0 aliphatic carbocycles. The predicted octanol–water partition coefficient (Wildman–Crippen LogP) is 2.72. The molecule has 0 aliphatic rings. The number of hydrogen-bond acceptors (Lipinski definition) is 5. The van der Waals surface area contributed by atoms with Crippen molar-refractivity contribution in [2.75, 3.05) is 13.1 Å². The van der Waals surface area contributed by atoms with Gasteiger partial charge in [-0.15, -0.1) is 0 Å². The second-order valence-electron chi connectivity index (χ2n) is 7.84. The van der Waals surface area contributed by atoms with Crippen LogP contribution in [0.2, 0.25) is 0 Å². The number of aromatic nitrogens is 2. The van der Waals surface area contributed by atoms with Crippen molar-refractivity contribution in [1.82, 2.24) is 19.8 Å². The molecule has 1 heterocycles. The Bertz CT molecular complexity index is 1250. The second-order valence-corrected chi connectivity index (χ2v) is 9.60. The number of ketones is 1. The zero-order chi connectivity index (χ0) is 24.0. The lowest BCUT2D eigenvalue weighted by Gasteiger charge is -2.09. The van der Waals surface area contributed by atoms with Gasteiger partial charge in [0.25, 0.3) is 0 Å². The number of rotatable bonds is 10. The Morgan fingerprint density at radius 3 is 2.36 bits per heavy atom. The molecule has 1 aromatic heterocycles. The van der Waals surface area contributed by atoms with Crippen LogP contribution in [0, 0.1) is 13.8 Å². The summed E-state index contributed by atoms with van der Waals surface area (Å²) in [5, 5.41) is 7.27. The van der Waals surface area contributed by atoms with Gasteiger partial charge in [0.05, 0.1) is 16.3 Å². The zero-order valence-corrected chi connectivity index (χ0v) is 19.8. The van der Waals surface area contributed by atoms with Gasteiger partial charge in [0.2, 0.25) is 15.9 Å². The molecule has 0 atom stereocenters. The van der Waals surface area contributed by atoms with Crippen LogP contribution in [-0.4, -0.2) is 43.0 Å². The fraction of sp³-hybridized carbons (Fsp3) is 0.292. The van der Waals surface area contributed by atoms with Gasteiger partial charge in [-0.3, -0.25) is 9.59 Å². The van der Waals surface area contributed by atoms with Crippen molar-refractivity contribution in [3.63, 3.8) is 0 Å². The zero-order valence-electron chi connectivity index (χ0n) is 19.0. The van der Waals surface area contributed by atoms with Crippen molar-refractivity contribution < 1.29 is 18.0 Å². The molecule has 0 bridgehead atoms. The minimum absolute atomic E-state index is 0.000443. The van der Waals surface area contributed by atoms with Crippen molar-refractivity contribution in [2.24, 2.45) is 0 Å². The number of amides is 1. The second kappa shape index (κ2) is 10.5. The first kappa shape index (κ1) is 24.3. The molecule has 0 spiro atoms. The van der Waals surface area contributed by atoms with E-state index in [0.717, 1.165) is 22.6 Å². The van der Waals surface area contributed by atoms with E-state index >= 15 is 0 Å². The first-order chi connectivity index (χ1) is 15.7. The van der Waals surface area contributed by atoms with Crippen LogP contribution in [0.5, 0.6) is 0 Å². The van der Waals surface area contributed by atoms with E-state index in [-0.39, 0.29) is 29.6 Å². The standard InChI is InChI=1S/C24H28N4O4S/c1-17-15-18(2)28(27-17)22-9-7-20(8-10-22)11-13-25-24(30)12-14-26-33(31,32)23-6-4-5-21(16-23)19(3)29/h4-10,15-16,26H,11-14H2,1-3H3,(H,25,30). The number of carbonyl (C=O) groups excluding carboxylic acids is 2. The van der Waals surface area contributed by atoms with E-state index in [2.05, 4.69) is 15.1 Å². The van der Waals surface area contributed by atoms with Crippen molar-refractivity contribution in [1.29, 1.82) is 0 Å². The Morgan fingerprint density at radius 2 is 1.73 bits per heavy atom. The molecule has 0 unspecified atom stereocenters. The summed E-state index contributed by atoms with van der Waals surface area (Å²) >= 11 is 0. The molecule has 2 N–H and O–H groups in total. The van der Waals surface area contributed by atoms with Crippen molar-refractivity contribution >= 4 is 21.7 Å². The molecule has 0 radical (unpaired) electrons. The number of carbonyl (C=O) groups is 2. The van der Waals surface area contributed by atoms with Crippen molar-refractivity contribution in [3.8, 4) is 5.69 Å². The molecule has 0 saturated heterocycles. The topological polar surface area (TPSA) is 110 Å². The lowest BCUT2D eigenvalue weighted by atomic mass is 10.1. The Kier molecular flexibility index (Phi) is 7.78. The average Bonchev–Trinajstić information content (AvgIpc) is 3.12. The van der Waals surface area contributed by atoms with Crippen LogP contribution in [0.4, 0.5) is 0 Å². The summed E-state index contributed by atoms with van der Waals surface area (Å²) < 4.78 is 29.0. The third-order valence-electron chi connectivity index (χ3n) is 5.12. The third-order valence-corrected chi connectivity index (χ3v) is 6.58. The Morgan fingerprint density at radius 1 is 1.00 bits per heavy atom. The maximum atomic E-state index is 12.4. The molecule has 3 rings (SSSR count). The highest BCUT2D eigenvalue weighted by atomic mass is 32.2. The van der Waals surface area contributed by atoms with Crippen LogP contribution in [0.25, 0.3) is 5.69 Å². The van der Waals surface area contributed by atoms with Gasteiger partial charge in [0.1, 0.15) is 0 Å². The molecule has 174 valence electrons. The summed E-state index contributed by atoms with van der Waals surface area (Å²) in [5.41, 5.74) is 4.40. The van der Waals surface area contributed by atoms with Crippen LogP contribution >= 0.6 is 0 Å². The quantitative estimate of drug-likeness (QED) is 0.445. The van der Waals surface area contributed by atoms with E-state index in [4.69, 9.17) is 0 Å². The van der Waals surface area contributed by atoms with Gasteiger partial charge in [-0.2, -0.15) is 5.10 Å². The highest BCUT2D eigenvalue weighted by Gasteiger charge is 2.15. The van der Waals surface area contributed by atoms with E-state index in [1.54, 1.807) is 6.07 Å². The van der Waals surface area contributed by atoms with Gasteiger partial charge in [-0.25, -0.2) is 17.8 Å². The fourth-order valence-electron chi connectivity index (χ4n) is 3.39. The lowest BCUT2D eigenvalue weighted by molar-refractivity contribution is -0.120. The number of benzene rings is 2. The molecule has 9 heteroatoms. The summed E-state index contributed by atoms with van der Waals surface area (Å²) in [6.07, 6.45) is 0.676. The highest BCUT2D eigenvalue weighted by molar-refractivity contribution is 7.89. The van der Waals surface area contributed by atoms with Crippen molar-refractivity contribution in [3.05, 3.63) is 77.1 Å². The van der Waals surface area contributed by atoms with Gasteiger partial charge in [-0.05, 0) is 63.1 Å². The summed E-state index contributed by atoms with van der Waals surface area (Å²) in [4.78, 5) is 23.5. The van der Waals surface area contributed by atoms with E-state index < -0.39 is 10.0 Å². The molecule has 0 saturated carbocycles. The maximum absolute atomic E-state index is 12.4. The smallest absolute Gasteiger partial charge is 0.240 e. The van der Waals surface area contributed by atoms with Gasteiger partial charge in [0, 0.05) is 30.8 Å². The SMILES string of the molecule is CC(=O)c1cccc(S(=O)(=O)NCCC(=O)NCCc2ccc(-n3nc(C)cc3C)cc2)c1. The van der Waals surface area contributed by atoms with Gasteiger partial charge < -0.3 is 5.32 Å². The normalized spacial score (nSPS) is 11.4. The van der Waals surface area contributed by atoms with Crippen LogP contribution in [-0.2, 0) is 21.2 Å². The molecule has 1 amide bonds. The molecule has 3 aromatic rings. The van der Waals surface area contributed by atoms with E-state index in [1.165, 1.54) is 25.1 Å². The van der Waals surface area contributed by atoms with E-state index in [0.29, 0.717) is 18.5 Å². The third kappa shape index (κ3) is 6.59. The summed E-state index contributed by atoms with van der Waals surface area (Å²) in [5.74, 6) is -0.456. The Balaban J connectivity index is 1.43. The van der Waals surface area contributed by atoms with Gasteiger partial charge >= 0.3 is 0 Å². The van der Waals surface area contributed by atoms with Crippen LogP contribution in [0.3, 0.4) is 0 Å². The average molecular weight is 469 g/mol. The predicted molar refractivity (Wildman–Crippen MR) is 126 cm³/mol. The number of aryl methyl sites for hydroxylation is 2. The van der Waals surface area contributed by atoms with E-state index in [9.17, 15) is 18.0 Å². The minimum Gasteiger partial charge on any atom is -0.356 e. The number of hydrogen-bond donors (Lipinski definition) is 2. The fourth-order valence-corrected chi connectivity index (χ4v) is 4.47. The Labute approximate surface area is 194 Å². The first-order valence-electron chi connectivity index (χ1n) is 10.7.